The van der Waals surface area contributed by atoms with Crippen LogP contribution in [-0.4, -0.2) is 64.7 Å². The van der Waals surface area contributed by atoms with Crippen molar-refractivity contribution in [2.75, 3.05) is 25.5 Å². The fraction of sp³-hybridized carbons (Fsp3) is 0.667. The van der Waals surface area contributed by atoms with E-state index in [1.54, 1.807) is 7.05 Å². The monoisotopic (exact) mass is 322 g/mol. The van der Waals surface area contributed by atoms with Gasteiger partial charge < -0.3 is 25.6 Å². The minimum absolute atomic E-state index is 0.0164. The van der Waals surface area contributed by atoms with E-state index in [-0.39, 0.29) is 12.4 Å². The number of aromatic nitrogens is 2. The van der Waals surface area contributed by atoms with Crippen molar-refractivity contribution in [3.63, 3.8) is 0 Å². The summed E-state index contributed by atoms with van der Waals surface area (Å²) in [7, 11) is 1.67. The van der Waals surface area contributed by atoms with Crippen molar-refractivity contribution in [2.45, 2.75) is 30.5 Å². The van der Waals surface area contributed by atoms with Gasteiger partial charge in [-0.15, -0.1) is 0 Å². The minimum atomic E-state index is -4.61. The van der Waals surface area contributed by atoms with E-state index in [1.165, 1.54) is 0 Å². The molecule has 0 aromatic carbocycles. The molecule has 0 spiro atoms. The summed E-state index contributed by atoms with van der Waals surface area (Å²) in [6.45, 7) is 0.358. The Labute approximate surface area is 124 Å². The molecule has 1 aliphatic heterocycles. The number of nitrogens with zero attached hydrogens (tertiary/aromatic N) is 2. The van der Waals surface area contributed by atoms with E-state index in [4.69, 9.17) is 4.74 Å². The van der Waals surface area contributed by atoms with Gasteiger partial charge in [-0.25, -0.2) is 4.98 Å². The number of nitrogens with one attached hydrogen (secondary N) is 2. The number of likely N-dealkylation sites (N-methyl/N-ethyl adjacent to an activating group) is 1. The van der Waals surface area contributed by atoms with E-state index in [1.807, 2.05) is 0 Å². The highest BCUT2D eigenvalue weighted by molar-refractivity contribution is 5.34. The number of alkyl halides is 3. The molecular weight excluding hydrogens is 305 g/mol. The molecule has 124 valence electrons. The number of hydrogen-bond donors (Lipinski definition) is 4. The van der Waals surface area contributed by atoms with Crippen LogP contribution in [-0.2, 0) is 10.9 Å². The van der Waals surface area contributed by atoms with Gasteiger partial charge in [-0.1, -0.05) is 0 Å². The zero-order chi connectivity index (χ0) is 16.3. The second-order valence-corrected chi connectivity index (χ2v) is 4.95. The Kier molecular flexibility index (Phi) is 5.16. The first-order valence-corrected chi connectivity index (χ1v) is 6.61. The van der Waals surface area contributed by atoms with Crippen molar-refractivity contribution in [2.24, 2.45) is 0 Å². The Bertz CT molecular complexity index is 503. The molecule has 0 bridgehead atoms. The Balaban J connectivity index is 2.05. The molecule has 10 heteroatoms. The summed E-state index contributed by atoms with van der Waals surface area (Å²) in [5.74, 6) is -0.151. The van der Waals surface area contributed by atoms with E-state index in [0.717, 1.165) is 6.20 Å². The van der Waals surface area contributed by atoms with Crippen molar-refractivity contribution >= 4 is 5.82 Å². The summed E-state index contributed by atoms with van der Waals surface area (Å²) in [4.78, 5) is 6.86. The van der Waals surface area contributed by atoms with Crippen LogP contribution < -0.4 is 10.6 Å². The van der Waals surface area contributed by atoms with Gasteiger partial charge in [0.1, 0.15) is 18.0 Å². The number of rotatable bonds is 4. The number of aliphatic hydroxyl groups is 2. The first-order valence-electron chi connectivity index (χ1n) is 6.61. The number of aliphatic hydroxyl groups excluding tert-OH is 2. The molecule has 22 heavy (non-hydrogen) atoms. The lowest BCUT2D eigenvalue weighted by Gasteiger charge is -2.38. The van der Waals surface area contributed by atoms with Gasteiger partial charge in [0.05, 0.1) is 31.1 Å². The normalized spacial score (nSPS) is 29.4. The van der Waals surface area contributed by atoms with Crippen LogP contribution in [0, 0.1) is 0 Å². The molecule has 1 fully saturated rings. The summed E-state index contributed by atoms with van der Waals surface area (Å²) >= 11 is 0. The van der Waals surface area contributed by atoms with Crippen LogP contribution in [0.5, 0.6) is 0 Å². The molecular formula is C12H17F3N4O3. The largest absolute Gasteiger partial charge is 0.434 e. The average Bonchev–Trinajstić information content (AvgIpc) is 2.46. The maximum absolute atomic E-state index is 12.6. The molecule has 0 amide bonds. The van der Waals surface area contributed by atoms with E-state index >= 15 is 0 Å². The molecule has 7 nitrogen and oxygen atoms in total. The molecule has 1 aliphatic rings. The van der Waals surface area contributed by atoms with E-state index < -0.39 is 36.2 Å². The number of hydrogen-bond acceptors (Lipinski definition) is 7. The third-order valence-corrected chi connectivity index (χ3v) is 3.30. The maximum atomic E-state index is 12.6. The molecule has 0 saturated carbocycles. The number of anilines is 1. The van der Waals surface area contributed by atoms with Gasteiger partial charge in [-0.2, -0.15) is 13.2 Å². The third kappa shape index (κ3) is 3.83. The zero-order valence-corrected chi connectivity index (χ0v) is 11.7. The molecule has 1 aromatic heterocycles. The van der Waals surface area contributed by atoms with Gasteiger partial charge >= 0.3 is 6.18 Å². The first kappa shape index (κ1) is 16.9. The fourth-order valence-corrected chi connectivity index (χ4v) is 2.15. The lowest BCUT2D eigenvalue weighted by molar-refractivity contribution is -0.141. The van der Waals surface area contributed by atoms with Crippen LogP contribution >= 0.6 is 0 Å². The average molecular weight is 322 g/mol. The van der Waals surface area contributed by atoms with Crippen molar-refractivity contribution in [3.8, 4) is 0 Å². The van der Waals surface area contributed by atoms with Crippen molar-refractivity contribution in [3.05, 3.63) is 18.1 Å². The maximum Gasteiger partial charge on any atom is 0.434 e. The predicted octanol–water partition coefficient (Wildman–Crippen LogP) is -0.384. The summed E-state index contributed by atoms with van der Waals surface area (Å²) in [5, 5.41) is 25.4. The number of halogens is 3. The van der Waals surface area contributed by atoms with Crippen LogP contribution in [0.25, 0.3) is 0 Å². The highest BCUT2D eigenvalue weighted by atomic mass is 19.4. The number of ether oxygens (including phenoxy) is 1. The van der Waals surface area contributed by atoms with Gasteiger partial charge in [-0.05, 0) is 7.05 Å². The van der Waals surface area contributed by atoms with Crippen LogP contribution in [0.3, 0.4) is 0 Å². The molecule has 1 aromatic rings. The molecule has 0 aliphatic carbocycles. The Hall–Kier alpha value is -1.49. The van der Waals surface area contributed by atoms with E-state index in [2.05, 4.69) is 20.6 Å². The van der Waals surface area contributed by atoms with Crippen LogP contribution in [0.1, 0.15) is 5.69 Å². The standard InChI is InChI=1S/C12H17F3N4O3/c1-16-2-7-11(21)10(20)6(5-22-7)18-9-4-17-3-8(19-9)12(13,14)15/h3-4,6-7,10-11,16,20-21H,2,5H2,1H3,(H,18,19)/t6-,7+,10+,11-/m0/s1. The highest BCUT2D eigenvalue weighted by Gasteiger charge is 2.38. The van der Waals surface area contributed by atoms with Crippen molar-refractivity contribution in [1.29, 1.82) is 0 Å². The van der Waals surface area contributed by atoms with Crippen molar-refractivity contribution in [1.82, 2.24) is 15.3 Å². The van der Waals surface area contributed by atoms with E-state index in [0.29, 0.717) is 12.7 Å². The second kappa shape index (κ2) is 6.73. The molecule has 0 unspecified atom stereocenters. The van der Waals surface area contributed by atoms with Gasteiger partial charge in [-0.3, -0.25) is 4.98 Å². The SMILES string of the molecule is CNC[C@H]1OC[C@H](Nc2cncc(C(F)(F)F)n2)[C@@H](O)[C@H]1O. The molecule has 1 saturated heterocycles. The lowest BCUT2D eigenvalue weighted by atomic mass is 9.98. The third-order valence-electron chi connectivity index (χ3n) is 3.30. The van der Waals surface area contributed by atoms with Gasteiger partial charge in [0, 0.05) is 6.54 Å². The van der Waals surface area contributed by atoms with Crippen LogP contribution in [0.2, 0.25) is 0 Å². The molecule has 0 radical (unpaired) electrons. The van der Waals surface area contributed by atoms with E-state index in [9.17, 15) is 23.4 Å². The smallest absolute Gasteiger partial charge is 0.388 e. The second-order valence-electron chi connectivity index (χ2n) is 4.95. The summed E-state index contributed by atoms with van der Waals surface area (Å²) in [5.41, 5.74) is -1.14. The Morgan fingerprint density at radius 1 is 1.32 bits per heavy atom. The zero-order valence-electron chi connectivity index (χ0n) is 11.7. The summed E-state index contributed by atoms with van der Waals surface area (Å²) in [6, 6.07) is -0.791. The molecule has 2 rings (SSSR count). The van der Waals surface area contributed by atoms with Crippen LogP contribution in [0.4, 0.5) is 19.0 Å². The van der Waals surface area contributed by atoms with Gasteiger partial charge in [0.15, 0.2) is 5.69 Å². The topological polar surface area (TPSA) is 99.5 Å². The molecule has 4 N–H and O–H groups in total. The lowest BCUT2D eigenvalue weighted by Crippen LogP contribution is -2.57. The highest BCUT2D eigenvalue weighted by Crippen LogP contribution is 2.28. The summed E-state index contributed by atoms with van der Waals surface area (Å²) < 4.78 is 43.1. The Morgan fingerprint density at radius 3 is 2.68 bits per heavy atom. The Morgan fingerprint density at radius 2 is 2.05 bits per heavy atom. The van der Waals surface area contributed by atoms with Gasteiger partial charge in [0.25, 0.3) is 0 Å². The molecule has 4 atom stereocenters. The fourth-order valence-electron chi connectivity index (χ4n) is 2.15. The van der Waals surface area contributed by atoms with Crippen LogP contribution in [0.15, 0.2) is 12.4 Å². The quantitative estimate of drug-likeness (QED) is 0.599. The summed E-state index contributed by atoms with van der Waals surface area (Å²) in [6.07, 6.45) is -5.86. The van der Waals surface area contributed by atoms with Gasteiger partial charge in [0.2, 0.25) is 0 Å². The van der Waals surface area contributed by atoms with Crippen molar-refractivity contribution < 1.29 is 28.1 Å². The minimum Gasteiger partial charge on any atom is -0.388 e. The first-order chi connectivity index (χ1) is 10.3. The molecule has 2 heterocycles. The predicted molar refractivity (Wildman–Crippen MR) is 70.1 cm³/mol.